The van der Waals surface area contributed by atoms with Crippen LogP contribution in [0.4, 0.5) is 0 Å². The van der Waals surface area contributed by atoms with Crippen LogP contribution in [0.1, 0.15) is 24.8 Å². The number of fused-ring (bicyclic) bond motifs is 1. The molecule has 1 heterocycles. The minimum atomic E-state index is 0.517. The van der Waals surface area contributed by atoms with E-state index in [9.17, 15) is 0 Å². The second-order valence-electron chi connectivity index (χ2n) is 4.64. The number of ether oxygens (including phenoxy) is 1. The Morgan fingerprint density at radius 1 is 1.47 bits per heavy atom. The van der Waals surface area contributed by atoms with Gasteiger partial charge in [-0.1, -0.05) is 18.2 Å². The van der Waals surface area contributed by atoms with Crippen molar-refractivity contribution in [3.8, 4) is 5.75 Å². The van der Waals surface area contributed by atoms with Gasteiger partial charge in [0.05, 0.1) is 6.61 Å². The van der Waals surface area contributed by atoms with Gasteiger partial charge in [0.2, 0.25) is 0 Å². The summed E-state index contributed by atoms with van der Waals surface area (Å²) >= 11 is 1.91. The summed E-state index contributed by atoms with van der Waals surface area (Å²) in [6, 6.07) is 8.97. The van der Waals surface area contributed by atoms with Gasteiger partial charge in [0.15, 0.2) is 0 Å². The van der Waals surface area contributed by atoms with E-state index in [4.69, 9.17) is 4.74 Å². The van der Waals surface area contributed by atoms with Crippen LogP contribution < -0.4 is 10.1 Å². The van der Waals surface area contributed by atoms with Gasteiger partial charge in [-0.25, -0.2) is 0 Å². The van der Waals surface area contributed by atoms with Crippen molar-refractivity contribution in [2.24, 2.45) is 0 Å². The molecule has 0 saturated heterocycles. The number of hydrogen-bond donors (Lipinski definition) is 1. The number of rotatable bonds is 6. The Bertz CT molecular complexity index is 356. The highest BCUT2D eigenvalue weighted by molar-refractivity contribution is 7.98. The Morgan fingerprint density at radius 2 is 2.29 bits per heavy atom. The van der Waals surface area contributed by atoms with Gasteiger partial charge in [-0.05, 0) is 31.4 Å². The number of thioether (sulfide) groups is 1. The summed E-state index contributed by atoms with van der Waals surface area (Å²) < 4.78 is 5.68. The molecule has 94 valence electrons. The maximum atomic E-state index is 5.68. The van der Waals surface area contributed by atoms with Crippen LogP contribution in [0.5, 0.6) is 5.75 Å². The Hall–Kier alpha value is -0.670. The van der Waals surface area contributed by atoms with Crippen molar-refractivity contribution in [3.05, 3.63) is 29.8 Å². The molecule has 0 saturated carbocycles. The summed E-state index contributed by atoms with van der Waals surface area (Å²) in [6.45, 7) is 4.10. The fourth-order valence-corrected chi connectivity index (χ4v) is 2.73. The van der Waals surface area contributed by atoms with Crippen LogP contribution in [0.2, 0.25) is 0 Å². The van der Waals surface area contributed by atoms with Gasteiger partial charge >= 0.3 is 0 Å². The van der Waals surface area contributed by atoms with Crippen molar-refractivity contribution in [2.45, 2.75) is 25.3 Å². The van der Waals surface area contributed by atoms with Gasteiger partial charge in [0.1, 0.15) is 5.75 Å². The van der Waals surface area contributed by atoms with Crippen LogP contribution in [0, 0.1) is 0 Å². The molecule has 0 spiro atoms. The van der Waals surface area contributed by atoms with E-state index in [1.807, 2.05) is 17.8 Å². The van der Waals surface area contributed by atoms with Crippen LogP contribution in [0.15, 0.2) is 24.3 Å². The molecular formula is C14H21NOS. The molecule has 0 aromatic heterocycles. The van der Waals surface area contributed by atoms with E-state index in [0.29, 0.717) is 12.0 Å². The maximum Gasteiger partial charge on any atom is 0.122 e. The van der Waals surface area contributed by atoms with Crippen LogP contribution in [-0.2, 0) is 0 Å². The lowest BCUT2D eigenvalue weighted by molar-refractivity contribution is 0.322. The van der Waals surface area contributed by atoms with Crippen molar-refractivity contribution in [3.63, 3.8) is 0 Å². The lowest BCUT2D eigenvalue weighted by Gasteiger charge is -2.16. The van der Waals surface area contributed by atoms with Crippen LogP contribution >= 0.6 is 11.8 Å². The molecule has 2 unspecified atom stereocenters. The Balaban J connectivity index is 1.81. The SMILES string of the molecule is CSCCC(C)NCC1COc2ccccc21. The predicted octanol–water partition coefficient (Wildman–Crippen LogP) is 2.89. The van der Waals surface area contributed by atoms with Crippen molar-refractivity contribution in [1.82, 2.24) is 5.32 Å². The first-order chi connectivity index (χ1) is 8.31. The molecule has 1 N–H and O–H groups in total. The maximum absolute atomic E-state index is 5.68. The zero-order valence-electron chi connectivity index (χ0n) is 10.6. The first-order valence-electron chi connectivity index (χ1n) is 6.25. The van der Waals surface area contributed by atoms with Crippen LogP contribution in [0.25, 0.3) is 0 Å². The third-order valence-corrected chi connectivity index (χ3v) is 3.91. The second-order valence-corrected chi connectivity index (χ2v) is 5.62. The van der Waals surface area contributed by atoms with Gasteiger partial charge < -0.3 is 10.1 Å². The third-order valence-electron chi connectivity index (χ3n) is 3.27. The molecule has 1 aliphatic rings. The van der Waals surface area contributed by atoms with E-state index in [0.717, 1.165) is 18.9 Å². The quantitative estimate of drug-likeness (QED) is 0.840. The number of benzene rings is 1. The molecule has 3 heteroatoms. The summed E-state index contributed by atoms with van der Waals surface area (Å²) in [6.07, 6.45) is 3.39. The molecule has 0 aliphatic carbocycles. The monoisotopic (exact) mass is 251 g/mol. The molecule has 1 aromatic rings. The van der Waals surface area contributed by atoms with E-state index < -0.39 is 0 Å². The average molecular weight is 251 g/mol. The summed E-state index contributed by atoms with van der Waals surface area (Å²) in [5, 5.41) is 3.61. The Morgan fingerprint density at radius 3 is 3.12 bits per heavy atom. The minimum absolute atomic E-state index is 0.517. The molecule has 1 aliphatic heterocycles. The van der Waals surface area contributed by atoms with Crippen LogP contribution in [-0.4, -0.2) is 31.2 Å². The molecule has 0 fully saturated rings. The highest BCUT2D eigenvalue weighted by Crippen LogP contribution is 2.32. The number of nitrogens with one attached hydrogen (secondary N) is 1. The van der Waals surface area contributed by atoms with Crippen LogP contribution in [0.3, 0.4) is 0 Å². The molecule has 2 rings (SSSR count). The molecule has 0 amide bonds. The number of hydrogen-bond acceptors (Lipinski definition) is 3. The predicted molar refractivity (Wildman–Crippen MR) is 75.1 cm³/mol. The lowest BCUT2D eigenvalue weighted by Crippen LogP contribution is -2.31. The van der Waals surface area contributed by atoms with E-state index in [1.54, 1.807) is 0 Å². The Kier molecular flexibility index (Phi) is 4.75. The molecule has 1 aromatic carbocycles. The normalized spacial score (nSPS) is 19.8. The van der Waals surface area contributed by atoms with Gasteiger partial charge in [0.25, 0.3) is 0 Å². The molecule has 0 radical (unpaired) electrons. The summed E-state index contributed by atoms with van der Waals surface area (Å²) in [4.78, 5) is 0. The summed E-state index contributed by atoms with van der Waals surface area (Å²) in [5.74, 6) is 2.81. The first-order valence-corrected chi connectivity index (χ1v) is 7.64. The van der Waals surface area contributed by atoms with Crippen molar-refractivity contribution in [2.75, 3.05) is 25.2 Å². The van der Waals surface area contributed by atoms with E-state index in [1.165, 1.54) is 17.7 Å². The largest absolute Gasteiger partial charge is 0.493 e. The minimum Gasteiger partial charge on any atom is -0.493 e. The standard InChI is InChI=1S/C14H21NOS/c1-11(7-8-17-2)15-9-12-10-16-14-6-4-3-5-13(12)14/h3-6,11-12,15H,7-10H2,1-2H3. The van der Waals surface area contributed by atoms with Crippen molar-refractivity contribution < 1.29 is 4.74 Å². The van der Waals surface area contributed by atoms with Crippen molar-refractivity contribution >= 4 is 11.8 Å². The molecular weight excluding hydrogens is 230 g/mol. The lowest BCUT2D eigenvalue weighted by atomic mass is 10.0. The second kappa shape index (κ2) is 6.31. The molecule has 0 bridgehead atoms. The molecule has 2 nitrogen and oxygen atoms in total. The average Bonchev–Trinajstić information content (AvgIpc) is 2.77. The van der Waals surface area contributed by atoms with E-state index in [-0.39, 0.29) is 0 Å². The van der Waals surface area contributed by atoms with E-state index >= 15 is 0 Å². The molecule has 2 atom stereocenters. The zero-order chi connectivity index (χ0) is 12.1. The van der Waals surface area contributed by atoms with Gasteiger partial charge in [-0.2, -0.15) is 11.8 Å². The first kappa shape index (κ1) is 12.8. The van der Waals surface area contributed by atoms with Gasteiger partial charge in [0, 0.05) is 24.1 Å². The molecule has 17 heavy (non-hydrogen) atoms. The summed E-state index contributed by atoms with van der Waals surface area (Å²) in [5.41, 5.74) is 1.36. The van der Waals surface area contributed by atoms with Crippen molar-refractivity contribution in [1.29, 1.82) is 0 Å². The zero-order valence-corrected chi connectivity index (χ0v) is 11.4. The fraction of sp³-hybridized carbons (Fsp3) is 0.571. The fourth-order valence-electron chi connectivity index (χ4n) is 2.14. The third kappa shape index (κ3) is 3.39. The smallest absolute Gasteiger partial charge is 0.122 e. The van der Waals surface area contributed by atoms with Gasteiger partial charge in [-0.3, -0.25) is 0 Å². The number of para-hydroxylation sites is 1. The topological polar surface area (TPSA) is 21.3 Å². The van der Waals surface area contributed by atoms with E-state index in [2.05, 4.69) is 36.7 Å². The summed E-state index contributed by atoms with van der Waals surface area (Å²) in [7, 11) is 0. The highest BCUT2D eigenvalue weighted by Gasteiger charge is 2.23. The highest BCUT2D eigenvalue weighted by atomic mass is 32.2. The van der Waals surface area contributed by atoms with Gasteiger partial charge in [-0.15, -0.1) is 0 Å². The Labute approximate surface area is 108 Å².